The number of aliphatic carboxylic acids is 1. The van der Waals surface area contributed by atoms with Crippen molar-refractivity contribution in [2.45, 2.75) is 44.9 Å². The fourth-order valence-corrected chi connectivity index (χ4v) is 5.59. The number of nitrogens with two attached hydrogens (primary N) is 1. The van der Waals surface area contributed by atoms with E-state index in [1.807, 2.05) is 12.1 Å². The number of amides is 1. The number of hydrogen-bond acceptors (Lipinski definition) is 8. The van der Waals surface area contributed by atoms with Crippen LogP contribution in [0.4, 0.5) is 17.3 Å². The molecule has 0 aromatic carbocycles. The highest BCUT2D eigenvalue weighted by molar-refractivity contribution is 6.10. The molecule has 2 fully saturated rings. The van der Waals surface area contributed by atoms with Gasteiger partial charge in [-0.05, 0) is 62.0 Å². The third kappa shape index (κ3) is 4.36. The maximum absolute atomic E-state index is 13.1. The van der Waals surface area contributed by atoms with E-state index in [9.17, 15) is 9.59 Å². The highest BCUT2D eigenvalue weighted by Crippen LogP contribution is 2.47. The van der Waals surface area contributed by atoms with Gasteiger partial charge in [-0.1, -0.05) is 0 Å². The number of piperidine rings is 1. The van der Waals surface area contributed by atoms with Crippen LogP contribution in [0, 0.1) is 11.3 Å². The Labute approximate surface area is 198 Å². The lowest BCUT2D eigenvalue weighted by Crippen LogP contribution is -2.42. The molecule has 1 spiro atoms. The summed E-state index contributed by atoms with van der Waals surface area (Å²) in [6, 6.07) is 3.87. The van der Waals surface area contributed by atoms with Crippen LogP contribution in [0.5, 0.6) is 5.88 Å². The van der Waals surface area contributed by atoms with Gasteiger partial charge in [0.25, 0.3) is 5.91 Å². The average molecular weight is 467 g/mol. The molecule has 3 aliphatic rings. The molecule has 10 heteroatoms. The Morgan fingerprint density at radius 2 is 1.88 bits per heavy atom. The Morgan fingerprint density at radius 1 is 1.12 bits per heavy atom. The summed E-state index contributed by atoms with van der Waals surface area (Å²) in [4.78, 5) is 40.7. The van der Waals surface area contributed by atoms with Crippen LogP contribution in [0.2, 0.25) is 0 Å². The molecule has 1 saturated heterocycles. The number of nitrogens with zero attached hydrogens (tertiary/aromatic N) is 5. The van der Waals surface area contributed by atoms with Gasteiger partial charge in [0, 0.05) is 19.5 Å². The highest BCUT2D eigenvalue weighted by atomic mass is 16.5. The number of nitrogen functional groups attached to an aromatic ring is 1. The maximum Gasteiger partial charge on any atom is 0.303 e. The predicted octanol–water partition coefficient (Wildman–Crippen LogP) is 2.74. The highest BCUT2D eigenvalue weighted by Gasteiger charge is 2.38. The van der Waals surface area contributed by atoms with E-state index in [1.54, 1.807) is 11.1 Å². The molecule has 2 aliphatic heterocycles. The summed E-state index contributed by atoms with van der Waals surface area (Å²) in [5.74, 6) is 0.574. The van der Waals surface area contributed by atoms with Gasteiger partial charge in [0.2, 0.25) is 5.88 Å². The summed E-state index contributed by atoms with van der Waals surface area (Å²) in [5.41, 5.74) is 7.13. The summed E-state index contributed by atoms with van der Waals surface area (Å²) in [7, 11) is 0. The van der Waals surface area contributed by atoms with Crippen LogP contribution in [0.25, 0.3) is 0 Å². The van der Waals surface area contributed by atoms with Crippen LogP contribution in [0.3, 0.4) is 0 Å². The second-order valence-electron chi connectivity index (χ2n) is 9.65. The van der Waals surface area contributed by atoms with Crippen LogP contribution in [-0.4, -0.2) is 58.2 Å². The maximum atomic E-state index is 13.1. The van der Waals surface area contributed by atoms with E-state index in [0.29, 0.717) is 36.6 Å². The van der Waals surface area contributed by atoms with Crippen molar-refractivity contribution < 1.29 is 19.4 Å². The topological polar surface area (TPSA) is 135 Å². The molecular formula is C24H30N6O4. The molecular weight excluding hydrogens is 436 g/mol. The van der Waals surface area contributed by atoms with E-state index >= 15 is 0 Å². The molecule has 0 atom stereocenters. The largest absolute Gasteiger partial charge is 0.481 e. The van der Waals surface area contributed by atoms with Crippen LogP contribution in [0.1, 0.15) is 55.3 Å². The van der Waals surface area contributed by atoms with Gasteiger partial charge >= 0.3 is 5.97 Å². The molecule has 4 heterocycles. The summed E-state index contributed by atoms with van der Waals surface area (Å²) >= 11 is 0. The lowest BCUT2D eigenvalue weighted by Gasteiger charge is -2.46. The number of aromatic nitrogens is 3. The fraction of sp³-hybridized carbons (Fsp3) is 0.542. The van der Waals surface area contributed by atoms with Crippen molar-refractivity contribution in [2.24, 2.45) is 11.3 Å². The van der Waals surface area contributed by atoms with Gasteiger partial charge in [-0.2, -0.15) is 0 Å². The summed E-state index contributed by atoms with van der Waals surface area (Å²) in [6.07, 6.45) is 9.81. The van der Waals surface area contributed by atoms with Crippen molar-refractivity contribution in [3.8, 4) is 5.88 Å². The lowest BCUT2D eigenvalue weighted by atomic mass is 9.65. The van der Waals surface area contributed by atoms with E-state index in [4.69, 9.17) is 15.6 Å². The predicted molar refractivity (Wildman–Crippen MR) is 126 cm³/mol. The van der Waals surface area contributed by atoms with Crippen LogP contribution >= 0.6 is 0 Å². The second kappa shape index (κ2) is 9.08. The minimum Gasteiger partial charge on any atom is -0.481 e. The SMILES string of the molecule is Nc1ncnc2c1C(=O)N(c1ccc(N3CCC4(CCC(CC(=O)O)CC4)CC3)nc1)CCO2. The Balaban J connectivity index is 1.22. The number of ether oxygens (including phenoxy) is 1. The molecule has 0 bridgehead atoms. The van der Waals surface area contributed by atoms with Gasteiger partial charge < -0.3 is 25.4 Å². The molecule has 2 aromatic rings. The molecule has 5 rings (SSSR count). The van der Waals surface area contributed by atoms with Crippen molar-refractivity contribution in [1.29, 1.82) is 0 Å². The van der Waals surface area contributed by atoms with E-state index in [0.717, 1.165) is 57.4 Å². The van der Waals surface area contributed by atoms with E-state index in [-0.39, 0.29) is 23.2 Å². The first-order chi connectivity index (χ1) is 16.4. The zero-order valence-corrected chi connectivity index (χ0v) is 19.2. The number of fused-ring (bicyclic) bond motifs is 1. The van der Waals surface area contributed by atoms with E-state index < -0.39 is 5.97 Å². The smallest absolute Gasteiger partial charge is 0.303 e. The van der Waals surface area contributed by atoms with Gasteiger partial charge in [0.1, 0.15) is 30.1 Å². The number of carbonyl (C=O) groups excluding carboxylic acids is 1. The fourth-order valence-electron chi connectivity index (χ4n) is 5.59. The van der Waals surface area contributed by atoms with Crippen LogP contribution in [0.15, 0.2) is 24.7 Å². The van der Waals surface area contributed by atoms with Crippen molar-refractivity contribution in [3.63, 3.8) is 0 Å². The van der Waals surface area contributed by atoms with Crippen LogP contribution in [-0.2, 0) is 4.79 Å². The van der Waals surface area contributed by atoms with E-state index in [1.165, 1.54) is 6.33 Å². The second-order valence-corrected chi connectivity index (χ2v) is 9.65. The Kier molecular flexibility index (Phi) is 5.97. The summed E-state index contributed by atoms with van der Waals surface area (Å²) in [5, 5.41) is 9.06. The van der Waals surface area contributed by atoms with Crippen molar-refractivity contribution >= 4 is 29.2 Å². The number of carboxylic acid groups (broad SMARTS) is 1. The first-order valence-electron chi connectivity index (χ1n) is 11.9. The molecule has 180 valence electrons. The third-order valence-electron chi connectivity index (χ3n) is 7.68. The minimum absolute atomic E-state index is 0.103. The van der Waals surface area contributed by atoms with Gasteiger partial charge in [-0.3, -0.25) is 9.59 Å². The number of anilines is 3. The van der Waals surface area contributed by atoms with E-state index in [2.05, 4.69) is 19.9 Å². The zero-order valence-electron chi connectivity index (χ0n) is 19.2. The van der Waals surface area contributed by atoms with Crippen LogP contribution < -0.4 is 20.3 Å². The van der Waals surface area contributed by atoms with Crippen molar-refractivity contribution in [3.05, 3.63) is 30.2 Å². The Hall–Kier alpha value is -3.43. The summed E-state index contributed by atoms with van der Waals surface area (Å²) < 4.78 is 5.60. The number of rotatable bonds is 4. The molecule has 1 amide bonds. The molecule has 0 unspecified atom stereocenters. The molecule has 2 aromatic heterocycles. The molecule has 1 aliphatic carbocycles. The number of pyridine rings is 1. The summed E-state index contributed by atoms with van der Waals surface area (Å²) in [6.45, 7) is 2.55. The first-order valence-corrected chi connectivity index (χ1v) is 11.9. The van der Waals surface area contributed by atoms with Crippen molar-refractivity contribution in [2.75, 3.05) is 41.8 Å². The zero-order chi connectivity index (χ0) is 23.7. The normalized spacial score (nSPS) is 20.5. The first kappa shape index (κ1) is 22.4. The average Bonchev–Trinajstić information content (AvgIpc) is 3.01. The number of hydrogen-bond donors (Lipinski definition) is 2. The lowest BCUT2D eigenvalue weighted by molar-refractivity contribution is -0.138. The monoisotopic (exact) mass is 466 g/mol. The Morgan fingerprint density at radius 3 is 2.56 bits per heavy atom. The molecule has 10 nitrogen and oxygen atoms in total. The van der Waals surface area contributed by atoms with Gasteiger partial charge in [-0.15, -0.1) is 0 Å². The minimum atomic E-state index is -0.680. The molecule has 1 saturated carbocycles. The van der Waals surface area contributed by atoms with Gasteiger partial charge in [-0.25, -0.2) is 15.0 Å². The Bertz CT molecular complexity index is 1060. The quantitative estimate of drug-likeness (QED) is 0.697. The molecule has 34 heavy (non-hydrogen) atoms. The number of carboxylic acids is 1. The van der Waals surface area contributed by atoms with Gasteiger partial charge in [0.05, 0.1) is 18.4 Å². The molecule has 3 N–H and O–H groups in total. The molecule has 0 radical (unpaired) electrons. The van der Waals surface area contributed by atoms with Gasteiger partial charge in [0.15, 0.2) is 0 Å². The standard InChI is InChI=1S/C24H30N6O4/c25-21-20-22(28-15-27-21)34-12-11-30(23(20)33)17-1-2-18(26-14-17)29-9-7-24(8-10-29)5-3-16(4-6-24)13-19(31)32/h1-2,14-16H,3-13H2,(H,31,32)(H2,25,27,28). The third-order valence-corrected chi connectivity index (χ3v) is 7.68. The van der Waals surface area contributed by atoms with Crippen molar-refractivity contribution in [1.82, 2.24) is 15.0 Å². The number of carbonyl (C=O) groups is 2.